The van der Waals surface area contributed by atoms with E-state index >= 15 is 0 Å². The molecule has 1 heterocycles. The van der Waals surface area contributed by atoms with E-state index in [0.29, 0.717) is 17.9 Å². The molecule has 0 aliphatic heterocycles. The molecule has 1 aliphatic rings. The van der Waals surface area contributed by atoms with Crippen LogP contribution in [0.4, 0.5) is 0 Å². The zero-order chi connectivity index (χ0) is 19.1. The Labute approximate surface area is 161 Å². The summed E-state index contributed by atoms with van der Waals surface area (Å²) in [5, 5.41) is 6.78. The Morgan fingerprint density at radius 2 is 2.04 bits per heavy atom. The van der Waals surface area contributed by atoms with Gasteiger partial charge in [-0.2, -0.15) is 0 Å². The molecule has 2 N–H and O–H groups in total. The summed E-state index contributed by atoms with van der Waals surface area (Å²) in [6, 6.07) is 8.17. The molecule has 1 fully saturated rings. The first-order valence-electron chi connectivity index (χ1n) is 9.59. The summed E-state index contributed by atoms with van der Waals surface area (Å²) in [4.78, 5) is 8.89. The number of ether oxygens (including phenoxy) is 1. The van der Waals surface area contributed by atoms with Crippen LogP contribution in [-0.2, 0) is 11.3 Å². The minimum Gasteiger partial charge on any atom is -0.444 e. The Morgan fingerprint density at radius 3 is 2.67 bits per heavy atom. The van der Waals surface area contributed by atoms with Crippen molar-refractivity contribution >= 4 is 5.96 Å². The molecule has 146 valence electrons. The first-order valence-corrected chi connectivity index (χ1v) is 9.59. The van der Waals surface area contributed by atoms with E-state index in [2.05, 4.69) is 39.7 Å². The summed E-state index contributed by atoms with van der Waals surface area (Å²) >= 11 is 0. The number of oxazole rings is 1. The van der Waals surface area contributed by atoms with Crippen LogP contribution in [0.2, 0.25) is 0 Å². The predicted octanol–water partition coefficient (Wildman–Crippen LogP) is 3.52. The molecule has 0 radical (unpaired) electrons. The number of rotatable bonds is 8. The van der Waals surface area contributed by atoms with Gasteiger partial charge in [0, 0.05) is 32.9 Å². The fourth-order valence-electron chi connectivity index (χ4n) is 3.39. The van der Waals surface area contributed by atoms with E-state index in [9.17, 15) is 0 Å². The lowest BCUT2D eigenvalue weighted by Gasteiger charge is -2.42. The third-order valence-electron chi connectivity index (χ3n) is 5.39. The van der Waals surface area contributed by atoms with Gasteiger partial charge in [0.15, 0.2) is 5.96 Å². The second-order valence-electron chi connectivity index (χ2n) is 7.39. The number of aliphatic imine (C=N–C) groups is 1. The van der Waals surface area contributed by atoms with Crippen LogP contribution in [0.15, 0.2) is 39.9 Å². The fraction of sp³-hybridized carbons (Fsp3) is 0.524. The number of aryl methyl sites for hydroxylation is 1. The summed E-state index contributed by atoms with van der Waals surface area (Å²) in [5.41, 5.74) is 3.41. The molecule has 0 atom stereocenters. The molecule has 1 aromatic carbocycles. The van der Waals surface area contributed by atoms with Crippen LogP contribution in [0.25, 0.3) is 11.5 Å². The Kier molecular flexibility index (Phi) is 6.50. The highest BCUT2D eigenvalue weighted by molar-refractivity contribution is 5.79. The lowest BCUT2D eigenvalue weighted by Crippen LogP contribution is -2.46. The van der Waals surface area contributed by atoms with Crippen molar-refractivity contribution < 1.29 is 9.15 Å². The molecule has 0 saturated heterocycles. The lowest BCUT2D eigenvalue weighted by atomic mass is 9.67. The maximum Gasteiger partial charge on any atom is 0.226 e. The smallest absolute Gasteiger partial charge is 0.226 e. The lowest BCUT2D eigenvalue weighted by molar-refractivity contribution is 0.0732. The van der Waals surface area contributed by atoms with Gasteiger partial charge in [-0.15, -0.1) is 0 Å². The summed E-state index contributed by atoms with van der Waals surface area (Å²) in [5.74, 6) is 1.43. The number of methoxy groups -OCH3 is 1. The minimum absolute atomic E-state index is 0.347. The molecule has 0 unspecified atom stereocenters. The zero-order valence-corrected chi connectivity index (χ0v) is 16.5. The molecule has 1 aliphatic carbocycles. The Hall–Kier alpha value is -2.34. The quantitative estimate of drug-likeness (QED) is 0.549. The van der Waals surface area contributed by atoms with Crippen LogP contribution >= 0.6 is 0 Å². The fourth-order valence-corrected chi connectivity index (χ4v) is 3.39. The van der Waals surface area contributed by atoms with Crippen LogP contribution in [0.3, 0.4) is 0 Å². The standard InChI is InChI=1S/C21H30N4O2/c1-16-5-7-17(8-6-16)19-25-18(14-27-19)13-23-20(22-2)24-15-21(9-4-10-21)11-12-26-3/h5-8,14H,4,9-13,15H2,1-3H3,(H2,22,23,24). The van der Waals surface area contributed by atoms with Crippen LogP contribution in [-0.4, -0.2) is 38.3 Å². The van der Waals surface area contributed by atoms with E-state index in [1.165, 1.54) is 24.8 Å². The third-order valence-corrected chi connectivity index (χ3v) is 5.39. The van der Waals surface area contributed by atoms with Gasteiger partial charge >= 0.3 is 0 Å². The molecule has 0 spiro atoms. The topological polar surface area (TPSA) is 71.7 Å². The molecular weight excluding hydrogens is 340 g/mol. The van der Waals surface area contributed by atoms with E-state index < -0.39 is 0 Å². The van der Waals surface area contributed by atoms with Crippen LogP contribution < -0.4 is 10.6 Å². The van der Waals surface area contributed by atoms with Crippen LogP contribution in [0, 0.1) is 12.3 Å². The Balaban J connectivity index is 1.50. The van der Waals surface area contributed by atoms with E-state index in [-0.39, 0.29) is 0 Å². The Morgan fingerprint density at radius 1 is 1.26 bits per heavy atom. The average Bonchev–Trinajstić information content (AvgIpc) is 3.12. The normalized spacial score (nSPS) is 16.0. The van der Waals surface area contributed by atoms with Crippen molar-refractivity contribution in [2.75, 3.05) is 27.3 Å². The van der Waals surface area contributed by atoms with Gasteiger partial charge in [-0.3, -0.25) is 4.99 Å². The number of hydrogen-bond acceptors (Lipinski definition) is 4. The first-order chi connectivity index (χ1) is 13.1. The molecular formula is C21H30N4O2. The van der Waals surface area contributed by atoms with Gasteiger partial charge in [-0.05, 0) is 43.7 Å². The third kappa shape index (κ3) is 5.10. The molecule has 1 saturated carbocycles. The second-order valence-corrected chi connectivity index (χ2v) is 7.39. The molecule has 6 nitrogen and oxygen atoms in total. The van der Waals surface area contributed by atoms with Gasteiger partial charge in [0.25, 0.3) is 0 Å². The van der Waals surface area contributed by atoms with Crippen LogP contribution in [0.1, 0.15) is 36.9 Å². The number of guanidine groups is 1. The highest BCUT2D eigenvalue weighted by Crippen LogP contribution is 2.43. The maximum absolute atomic E-state index is 5.62. The van der Waals surface area contributed by atoms with Crippen molar-refractivity contribution in [2.24, 2.45) is 10.4 Å². The molecule has 3 rings (SSSR count). The molecule has 27 heavy (non-hydrogen) atoms. The van der Waals surface area contributed by atoms with E-state index in [0.717, 1.165) is 36.8 Å². The number of benzene rings is 1. The maximum atomic E-state index is 5.62. The van der Waals surface area contributed by atoms with Gasteiger partial charge in [-0.1, -0.05) is 24.1 Å². The molecule has 0 bridgehead atoms. The number of aromatic nitrogens is 1. The number of nitrogens with one attached hydrogen (secondary N) is 2. The van der Waals surface area contributed by atoms with Crippen molar-refractivity contribution in [1.29, 1.82) is 0 Å². The van der Waals surface area contributed by atoms with Gasteiger partial charge < -0.3 is 19.8 Å². The molecule has 0 amide bonds. The summed E-state index contributed by atoms with van der Waals surface area (Å²) in [6.45, 7) is 4.37. The van der Waals surface area contributed by atoms with Crippen molar-refractivity contribution in [2.45, 2.75) is 39.2 Å². The van der Waals surface area contributed by atoms with Crippen molar-refractivity contribution in [3.63, 3.8) is 0 Å². The monoisotopic (exact) mass is 370 g/mol. The summed E-state index contributed by atoms with van der Waals surface area (Å²) in [7, 11) is 3.56. The van der Waals surface area contributed by atoms with Crippen molar-refractivity contribution in [3.8, 4) is 11.5 Å². The average molecular weight is 370 g/mol. The second kappa shape index (κ2) is 9.04. The largest absolute Gasteiger partial charge is 0.444 e. The van der Waals surface area contributed by atoms with E-state index in [1.807, 2.05) is 12.1 Å². The van der Waals surface area contributed by atoms with Gasteiger partial charge in [0.2, 0.25) is 5.89 Å². The zero-order valence-electron chi connectivity index (χ0n) is 16.5. The van der Waals surface area contributed by atoms with Gasteiger partial charge in [-0.25, -0.2) is 4.98 Å². The Bertz CT molecular complexity index is 748. The highest BCUT2D eigenvalue weighted by atomic mass is 16.5. The number of hydrogen-bond donors (Lipinski definition) is 2. The van der Waals surface area contributed by atoms with Gasteiger partial charge in [0.05, 0.1) is 12.2 Å². The molecule has 6 heteroatoms. The van der Waals surface area contributed by atoms with Gasteiger partial charge in [0.1, 0.15) is 6.26 Å². The highest BCUT2D eigenvalue weighted by Gasteiger charge is 2.36. The van der Waals surface area contributed by atoms with Crippen LogP contribution in [0.5, 0.6) is 0 Å². The number of nitrogens with zero attached hydrogens (tertiary/aromatic N) is 2. The SMILES string of the molecule is CN=C(NCc1coc(-c2ccc(C)cc2)n1)NCC1(CCOC)CCC1. The molecule has 1 aromatic heterocycles. The van der Waals surface area contributed by atoms with Crippen molar-refractivity contribution in [3.05, 3.63) is 41.8 Å². The van der Waals surface area contributed by atoms with E-state index in [4.69, 9.17) is 9.15 Å². The summed E-state index contributed by atoms with van der Waals surface area (Å²) < 4.78 is 10.9. The first kappa shape index (κ1) is 19.4. The van der Waals surface area contributed by atoms with Crippen molar-refractivity contribution in [1.82, 2.24) is 15.6 Å². The van der Waals surface area contributed by atoms with E-state index in [1.54, 1.807) is 20.4 Å². The minimum atomic E-state index is 0.347. The summed E-state index contributed by atoms with van der Waals surface area (Å²) in [6.07, 6.45) is 6.60. The predicted molar refractivity (Wildman–Crippen MR) is 108 cm³/mol. The molecule has 2 aromatic rings.